The van der Waals surface area contributed by atoms with E-state index in [1.165, 1.54) is 7.11 Å². The van der Waals surface area contributed by atoms with Crippen molar-refractivity contribution in [2.75, 3.05) is 20.3 Å². The van der Waals surface area contributed by atoms with Gasteiger partial charge in [0.15, 0.2) is 0 Å². The summed E-state index contributed by atoms with van der Waals surface area (Å²) in [6, 6.07) is 5.58. The van der Waals surface area contributed by atoms with Gasteiger partial charge in [-0.05, 0) is 13.0 Å². The van der Waals surface area contributed by atoms with E-state index in [1.54, 1.807) is 6.92 Å². The lowest BCUT2D eigenvalue weighted by atomic mass is 10.1. The van der Waals surface area contributed by atoms with Crippen molar-refractivity contribution >= 4 is 22.8 Å². The van der Waals surface area contributed by atoms with Gasteiger partial charge in [0.1, 0.15) is 18.1 Å². The van der Waals surface area contributed by atoms with Gasteiger partial charge in [0.25, 0.3) is 0 Å². The minimum atomic E-state index is -0.455. The van der Waals surface area contributed by atoms with Gasteiger partial charge < -0.3 is 18.8 Å². The van der Waals surface area contributed by atoms with Gasteiger partial charge in [-0.15, -0.1) is 0 Å². The topological polar surface area (TPSA) is 66.8 Å². The van der Waals surface area contributed by atoms with Gasteiger partial charge in [-0.25, -0.2) is 4.79 Å². The molecule has 6 heteroatoms. The molecular formula is C16H17NO5. The lowest BCUT2D eigenvalue weighted by molar-refractivity contribution is -0.142. The molecule has 22 heavy (non-hydrogen) atoms. The molecule has 0 unspecified atom stereocenters. The number of carbonyl (C=O) groups is 2. The van der Waals surface area contributed by atoms with E-state index in [-0.39, 0.29) is 12.4 Å². The molecule has 0 spiro atoms. The molecule has 1 aliphatic heterocycles. The first-order valence-corrected chi connectivity index (χ1v) is 7.18. The maximum atomic E-state index is 12.2. The van der Waals surface area contributed by atoms with Gasteiger partial charge in [0.2, 0.25) is 0 Å². The Kier molecular flexibility index (Phi) is 3.75. The number of hydrogen-bond acceptors (Lipinski definition) is 5. The normalized spacial score (nSPS) is 12.8. The molecule has 0 aliphatic carbocycles. The van der Waals surface area contributed by atoms with Gasteiger partial charge in [-0.2, -0.15) is 0 Å². The van der Waals surface area contributed by atoms with Crippen molar-refractivity contribution in [3.05, 3.63) is 29.5 Å². The second kappa shape index (κ2) is 5.71. The van der Waals surface area contributed by atoms with Crippen LogP contribution >= 0.6 is 0 Å². The summed E-state index contributed by atoms with van der Waals surface area (Å²) < 4.78 is 17.4. The Hall–Kier alpha value is -2.50. The van der Waals surface area contributed by atoms with Crippen LogP contribution < -0.4 is 4.74 Å². The third-order valence-electron chi connectivity index (χ3n) is 3.73. The molecule has 0 saturated carbocycles. The minimum absolute atomic E-state index is 0.0330. The summed E-state index contributed by atoms with van der Waals surface area (Å²) >= 11 is 0. The Morgan fingerprint density at radius 3 is 2.91 bits per heavy atom. The Morgan fingerprint density at radius 1 is 1.36 bits per heavy atom. The van der Waals surface area contributed by atoms with Crippen LogP contribution in [0.15, 0.2) is 18.2 Å². The predicted molar refractivity (Wildman–Crippen MR) is 79.1 cm³/mol. The van der Waals surface area contributed by atoms with Crippen LogP contribution in [0.5, 0.6) is 5.75 Å². The van der Waals surface area contributed by atoms with Crippen molar-refractivity contribution in [1.29, 1.82) is 0 Å². The molecule has 0 bridgehead atoms. The zero-order valence-electron chi connectivity index (χ0n) is 12.5. The molecule has 0 atom stereocenters. The fraction of sp³-hybridized carbons (Fsp3) is 0.375. The van der Waals surface area contributed by atoms with E-state index in [0.29, 0.717) is 36.8 Å². The summed E-state index contributed by atoms with van der Waals surface area (Å²) in [6.45, 7) is 3.08. The van der Waals surface area contributed by atoms with Gasteiger partial charge in [0.05, 0.1) is 32.2 Å². The molecule has 0 amide bonds. The van der Waals surface area contributed by atoms with Gasteiger partial charge in [-0.3, -0.25) is 4.79 Å². The first kappa shape index (κ1) is 14.4. The van der Waals surface area contributed by atoms with Crippen molar-refractivity contribution in [3.8, 4) is 5.75 Å². The fourth-order valence-corrected chi connectivity index (χ4v) is 2.90. The number of aromatic nitrogens is 1. The Bertz CT molecular complexity index is 747. The maximum absolute atomic E-state index is 12.2. The second-order valence-corrected chi connectivity index (χ2v) is 4.95. The third-order valence-corrected chi connectivity index (χ3v) is 3.73. The molecule has 1 aromatic heterocycles. The van der Waals surface area contributed by atoms with Crippen LogP contribution in [0.3, 0.4) is 0 Å². The molecular weight excluding hydrogens is 286 g/mol. The van der Waals surface area contributed by atoms with E-state index >= 15 is 0 Å². The number of esters is 2. The molecule has 3 rings (SSSR count). The van der Waals surface area contributed by atoms with Crippen molar-refractivity contribution in [2.45, 2.75) is 19.9 Å². The molecule has 0 radical (unpaired) electrons. The zero-order valence-corrected chi connectivity index (χ0v) is 12.5. The number of benzene rings is 1. The molecule has 116 valence electrons. The first-order valence-electron chi connectivity index (χ1n) is 7.18. The Balaban J connectivity index is 2.22. The van der Waals surface area contributed by atoms with Crippen LogP contribution in [0, 0.1) is 0 Å². The average molecular weight is 303 g/mol. The second-order valence-electron chi connectivity index (χ2n) is 4.95. The lowest BCUT2D eigenvalue weighted by Crippen LogP contribution is -2.20. The summed E-state index contributed by atoms with van der Waals surface area (Å²) in [5.41, 5.74) is 1.86. The highest BCUT2D eigenvalue weighted by atomic mass is 16.5. The largest absolute Gasteiger partial charge is 0.490 e. The van der Waals surface area contributed by atoms with Crippen LogP contribution in [0.25, 0.3) is 10.9 Å². The molecule has 2 aromatic rings. The number of methoxy groups -OCH3 is 1. The highest BCUT2D eigenvalue weighted by Gasteiger charge is 2.28. The highest BCUT2D eigenvalue weighted by Crippen LogP contribution is 2.36. The molecule has 2 heterocycles. The summed E-state index contributed by atoms with van der Waals surface area (Å²) in [4.78, 5) is 24.1. The van der Waals surface area contributed by atoms with Crippen LogP contribution in [-0.2, 0) is 27.2 Å². The SMILES string of the molecule is CCOC(=O)Cc1c(C(=O)OC)n2c3c(cccc13)OCC2. The molecule has 6 nitrogen and oxygen atoms in total. The van der Waals surface area contributed by atoms with Crippen LogP contribution in [0.1, 0.15) is 23.0 Å². The van der Waals surface area contributed by atoms with E-state index in [2.05, 4.69) is 0 Å². The highest BCUT2D eigenvalue weighted by molar-refractivity contribution is 6.03. The number of para-hydroxylation sites is 1. The van der Waals surface area contributed by atoms with Crippen molar-refractivity contribution < 1.29 is 23.8 Å². The predicted octanol–water partition coefficient (Wildman–Crippen LogP) is 1.93. The van der Waals surface area contributed by atoms with Crippen molar-refractivity contribution in [1.82, 2.24) is 4.57 Å². The molecule has 0 fully saturated rings. The van der Waals surface area contributed by atoms with Crippen molar-refractivity contribution in [2.24, 2.45) is 0 Å². The molecule has 1 aliphatic rings. The smallest absolute Gasteiger partial charge is 0.355 e. The summed E-state index contributed by atoms with van der Waals surface area (Å²) in [5.74, 6) is -0.107. The van der Waals surface area contributed by atoms with E-state index in [9.17, 15) is 9.59 Å². The molecule has 1 aromatic carbocycles. The number of nitrogens with zero attached hydrogens (tertiary/aromatic N) is 1. The summed E-state index contributed by atoms with van der Waals surface area (Å²) in [6.07, 6.45) is 0.0330. The summed E-state index contributed by atoms with van der Waals surface area (Å²) in [7, 11) is 1.33. The monoisotopic (exact) mass is 303 g/mol. The minimum Gasteiger partial charge on any atom is -0.490 e. The Labute approximate surface area is 127 Å². The maximum Gasteiger partial charge on any atom is 0.355 e. The molecule has 0 saturated heterocycles. The van der Waals surface area contributed by atoms with Gasteiger partial charge in [-0.1, -0.05) is 12.1 Å². The number of carbonyl (C=O) groups excluding carboxylic acids is 2. The Morgan fingerprint density at radius 2 is 2.18 bits per heavy atom. The van der Waals surface area contributed by atoms with Crippen LogP contribution in [0.4, 0.5) is 0 Å². The molecule has 0 N–H and O–H groups in total. The van der Waals surface area contributed by atoms with E-state index < -0.39 is 5.97 Å². The van der Waals surface area contributed by atoms with Crippen LogP contribution in [-0.4, -0.2) is 36.8 Å². The quantitative estimate of drug-likeness (QED) is 0.807. The van der Waals surface area contributed by atoms with Gasteiger partial charge >= 0.3 is 11.9 Å². The zero-order chi connectivity index (χ0) is 15.7. The van der Waals surface area contributed by atoms with E-state index in [4.69, 9.17) is 14.2 Å². The standard InChI is InChI=1S/C16H17NO5/c1-3-21-13(18)9-11-10-5-4-6-12-14(10)17(7-8-22-12)15(11)16(19)20-2/h4-6H,3,7-9H2,1-2H3. The van der Waals surface area contributed by atoms with Gasteiger partial charge in [0, 0.05) is 10.9 Å². The van der Waals surface area contributed by atoms with Crippen molar-refractivity contribution in [3.63, 3.8) is 0 Å². The number of rotatable bonds is 4. The van der Waals surface area contributed by atoms with Crippen LogP contribution in [0.2, 0.25) is 0 Å². The fourth-order valence-electron chi connectivity index (χ4n) is 2.90. The lowest BCUT2D eigenvalue weighted by Gasteiger charge is -2.18. The first-order chi connectivity index (χ1) is 10.7. The third kappa shape index (κ3) is 2.20. The number of ether oxygens (including phenoxy) is 3. The van der Waals surface area contributed by atoms with E-state index in [1.807, 2.05) is 22.8 Å². The van der Waals surface area contributed by atoms with E-state index in [0.717, 1.165) is 10.9 Å². The number of hydrogen-bond donors (Lipinski definition) is 0. The average Bonchev–Trinajstić information content (AvgIpc) is 2.83. The summed E-state index contributed by atoms with van der Waals surface area (Å²) in [5, 5.41) is 0.825.